The number of H-pyrrole nitrogens is 1. The quantitative estimate of drug-likeness (QED) is 0.274. The second kappa shape index (κ2) is 11.3. The fraction of sp³-hybridized carbons (Fsp3) is 0.200. The van der Waals surface area contributed by atoms with Crippen LogP contribution >= 0.6 is 0 Å². The monoisotopic (exact) mass is 561 g/mol. The summed E-state index contributed by atoms with van der Waals surface area (Å²) in [6.07, 6.45) is -1.70. The molecule has 1 unspecified atom stereocenters. The molecule has 41 heavy (non-hydrogen) atoms. The molecule has 11 heteroatoms. The standard InChI is InChI=1S/C30H23F4N5O2/c1-39-11-9-23-27(30(39)41)26(21-13-20(32)7-4-18(21)15-35)28(37-23)17-8-10-36-25(12-17)38-29(40)22(14-24(33)34)16-2-5-19(31)6-3-16/h2-8,10,12-13,22,24,37H,9,11,14H2,1H3,(H,36,38,40). The minimum absolute atomic E-state index is 0.0376. The summed E-state index contributed by atoms with van der Waals surface area (Å²) in [5.74, 6) is -3.45. The van der Waals surface area contributed by atoms with Gasteiger partial charge in [0, 0.05) is 55.0 Å². The number of carbonyl (C=O) groups is 2. The SMILES string of the molecule is CN1CCc2[nH]c(-c3ccnc(NC(=O)C(CC(F)F)c4ccc(F)cc4)c3)c(-c3cc(F)ccc3C#N)c2C1=O. The number of nitrogens with one attached hydrogen (secondary N) is 2. The van der Waals surface area contributed by atoms with Gasteiger partial charge in [-0.3, -0.25) is 9.59 Å². The number of amides is 2. The number of benzene rings is 2. The Bertz CT molecular complexity index is 1680. The van der Waals surface area contributed by atoms with Crippen molar-refractivity contribution in [3.8, 4) is 28.5 Å². The topological polar surface area (TPSA) is 102 Å². The number of aromatic amines is 1. The molecule has 0 radical (unpaired) electrons. The van der Waals surface area contributed by atoms with Gasteiger partial charge in [-0.05, 0) is 48.0 Å². The Morgan fingerprint density at radius 1 is 1.10 bits per heavy atom. The molecule has 0 fully saturated rings. The molecule has 5 rings (SSSR count). The molecule has 3 heterocycles. The summed E-state index contributed by atoms with van der Waals surface area (Å²) in [6.45, 7) is 0.450. The number of pyridine rings is 1. The Balaban J connectivity index is 1.57. The highest BCUT2D eigenvalue weighted by molar-refractivity contribution is 6.07. The van der Waals surface area contributed by atoms with Crippen molar-refractivity contribution in [3.05, 3.63) is 94.8 Å². The van der Waals surface area contributed by atoms with Crippen LogP contribution in [0.5, 0.6) is 0 Å². The van der Waals surface area contributed by atoms with Crippen LogP contribution < -0.4 is 5.32 Å². The van der Waals surface area contributed by atoms with E-state index in [9.17, 15) is 32.4 Å². The second-order valence-corrected chi connectivity index (χ2v) is 9.66. The van der Waals surface area contributed by atoms with Gasteiger partial charge in [-0.1, -0.05) is 12.1 Å². The Hall–Kier alpha value is -4.98. The van der Waals surface area contributed by atoms with E-state index in [1.54, 1.807) is 13.1 Å². The smallest absolute Gasteiger partial charge is 0.256 e. The lowest BCUT2D eigenvalue weighted by molar-refractivity contribution is -0.118. The first kappa shape index (κ1) is 27.6. The highest BCUT2D eigenvalue weighted by Crippen LogP contribution is 2.41. The molecular formula is C30H23F4N5O2. The zero-order chi connectivity index (χ0) is 29.3. The van der Waals surface area contributed by atoms with Crippen LogP contribution in [0.25, 0.3) is 22.4 Å². The number of nitrogens with zero attached hydrogens (tertiary/aromatic N) is 3. The van der Waals surface area contributed by atoms with Gasteiger partial charge in [-0.25, -0.2) is 22.5 Å². The Morgan fingerprint density at radius 2 is 1.83 bits per heavy atom. The van der Waals surface area contributed by atoms with Crippen LogP contribution in [-0.2, 0) is 11.2 Å². The molecule has 2 amide bonds. The largest absolute Gasteiger partial charge is 0.357 e. The zero-order valence-corrected chi connectivity index (χ0v) is 21.7. The normalized spacial score (nSPS) is 13.6. The zero-order valence-electron chi connectivity index (χ0n) is 21.7. The van der Waals surface area contributed by atoms with Crippen LogP contribution in [-0.4, -0.2) is 46.7 Å². The number of alkyl halides is 2. The van der Waals surface area contributed by atoms with Crippen LogP contribution in [0.3, 0.4) is 0 Å². The van der Waals surface area contributed by atoms with Gasteiger partial charge in [0.15, 0.2) is 0 Å². The summed E-state index contributed by atoms with van der Waals surface area (Å²) < 4.78 is 54.5. The van der Waals surface area contributed by atoms with Crippen LogP contribution in [0.4, 0.5) is 23.4 Å². The lowest BCUT2D eigenvalue weighted by Crippen LogP contribution is -2.34. The minimum atomic E-state index is -2.79. The Labute approximate surface area is 232 Å². The van der Waals surface area contributed by atoms with Crippen molar-refractivity contribution in [1.29, 1.82) is 5.26 Å². The van der Waals surface area contributed by atoms with E-state index in [0.29, 0.717) is 41.0 Å². The van der Waals surface area contributed by atoms with Gasteiger partial charge in [0.1, 0.15) is 17.5 Å². The average Bonchev–Trinajstić information content (AvgIpc) is 3.34. The molecule has 1 aliphatic heterocycles. The predicted octanol–water partition coefficient (Wildman–Crippen LogP) is 5.90. The maximum Gasteiger partial charge on any atom is 0.256 e. The molecule has 0 saturated carbocycles. The predicted molar refractivity (Wildman–Crippen MR) is 143 cm³/mol. The first-order valence-electron chi connectivity index (χ1n) is 12.7. The second-order valence-electron chi connectivity index (χ2n) is 9.66. The first-order chi connectivity index (χ1) is 19.7. The number of carbonyl (C=O) groups excluding carboxylic acids is 2. The van der Waals surface area contributed by atoms with Crippen molar-refractivity contribution < 1.29 is 27.2 Å². The number of aromatic nitrogens is 2. The maximum absolute atomic E-state index is 14.4. The van der Waals surface area contributed by atoms with Crippen molar-refractivity contribution in [2.24, 2.45) is 0 Å². The summed E-state index contributed by atoms with van der Waals surface area (Å²) in [4.78, 5) is 35.3. The lowest BCUT2D eigenvalue weighted by atomic mass is 9.91. The molecule has 2 aromatic heterocycles. The summed E-state index contributed by atoms with van der Waals surface area (Å²) in [5.41, 5.74) is 2.72. The summed E-state index contributed by atoms with van der Waals surface area (Å²) in [5, 5.41) is 12.3. The number of rotatable bonds is 7. The van der Waals surface area contributed by atoms with Gasteiger partial charge in [0.25, 0.3) is 5.91 Å². The molecule has 1 atom stereocenters. The summed E-state index contributed by atoms with van der Waals surface area (Å²) in [6, 6.07) is 13.6. The fourth-order valence-electron chi connectivity index (χ4n) is 4.99. The number of hydrogen-bond acceptors (Lipinski definition) is 4. The van der Waals surface area contributed by atoms with Gasteiger partial charge < -0.3 is 15.2 Å². The van der Waals surface area contributed by atoms with Crippen LogP contribution in [0.1, 0.15) is 39.5 Å². The molecule has 0 aliphatic carbocycles. The number of nitriles is 1. The molecule has 4 aromatic rings. The van der Waals surface area contributed by atoms with E-state index >= 15 is 0 Å². The van der Waals surface area contributed by atoms with Gasteiger partial charge in [-0.2, -0.15) is 5.26 Å². The van der Waals surface area contributed by atoms with Crippen LogP contribution in [0, 0.1) is 23.0 Å². The molecule has 7 nitrogen and oxygen atoms in total. The van der Waals surface area contributed by atoms with E-state index < -0.39 is 36.3 Å². The summed E-state index contributed by atoms with van der Waals surface area (Å²) in [7, 11) is 1.65. The third-order valence-corrected chi connectivity index (χ3v) is 7.01. The molecule has 0 spiro atoms. The van der Waals surface area contributed by atoms with Crippen molar-refractivity contribution in [3.63, 3.8) is 0 Å². The number of anilines is 1. The molecule has 0 saturated heterocycles. The summed E-state index contributed by atoms with van der Waals surface area (Å²) >= 11 is 0. The van der Waals surface area contributed by atoms with Crippen molar-refractivity contribution in [2.75, 3.05) is 18.9 Å². The van der Waals surface area contributed by atoms with Crippen LogP contribution in [0.2, 0.25) is 0 Å². The molecule has 2 N–H and O–H groups in total. The first-order valence-corrected chi connectivity index (χ1v) is 12.7. The molecule has 1 aliphatic rings. The van der Waals surface area contributed by atoms with E-state index in [1.807, 2.05) is 6.07 Å². The Morgan fingerprint density at radius 3 is 2.54 bits per heavy atom. The van der Waals surface area contributed by atoms with E-state index in [2.05, 4.69) is 15.3 Å². The van der Waals surface area contributed by atoms with E-state index in [-0.39, 0.29) is 28.4 Å². The highest BCUT2D eigenvalue weighted by atomic mass is 19.3. The van der Waals surface area contributed by atoms with E-state index in [4.69, 9.17) is 0 Å². The highest BCUT2D eigenvalue weighted by Gasteiger charge is 2.32. The fourth-order valence-corrected chi connectivity index (χ4v) is 4.99. The molecule has 208 valence electrons. The van der Waals surface area contributed by atoms with Gasteiger partial charge in [-0.15, -0.1) is 0 Å². The lowest BCUT2D eigenvalue weighted by Gasteiger charge is -2.23. The van der Waals surface area contributed by atoms with E-state index in [0.717, 1.165) is 18.2 Å². The van der Waals surface area contributed by atoms with E-state index in [1.165, 1.54) is 41.4 Å². The average molecular weight is 562 g/mol. The van der Waals surface area contributed by atoms with Gasteiger partial charge in [0.05, 0.1) is 28.8 Å². The third-order valence-electron chi connectivity index (χ3n) is 7.01. The molecule has 2 aromatic carbocycles. The van der Waals surface area contributed by atoms with Crippen molar-refractivity contribution in [2.45, 2.75) is 25.2 Å². The molecule has 0 bridgehead atoms. The number of likely N-dealkylation sites (N-methyl/N-ethyl adjacent to an activating group) is 1. The van der Waals surface area contributed by atoms with Crippen LogP contribution in [0.15, 0.2) is 60.8 Å². The minimum Gasteiger partial charge on any atom is -0.357 e. The van der Waals surface area contributed by atoms with Gasteiger partial charge >= 0.3 is 0 Å². The van der Waals surface area contributed by atoms with Crippen molar-refractivity contribution in [1.82, 2.24) is 14.9 Å². The third kappa shape index (κ3) is 5.54. The molecular weight excluding hydrogens is 538 g/mol. The number of hydrogen-bond donors (Lipinski definition) is 2. The number of halogens is 4. The maximum atomic E-state index is 14.4. The number of fused-ring (bicyclic) bond motifs is 1. The van der Waals surface area contributed by atoms with Crippen molar-refractivity contribution >= 4 is 17.6 Å². The van der Waals surface area contributed by atoms with Gasteiger partial charge in [0.2, 0.25) is 12.3 Å². The Kier molecular flexibility index (Phi) is 7.57.